The van der Waals surface area contributed by atoms with E-state index in [-0.39, 0.29) is 22.7 Å². The summed E-state index contributed by atoms with van der Waals surface area (Å²) < 4.78 is 39.4. The minimum atomic E-state index is -1.29. The molecule has 2 aromatic carbocycles. The van der Waals surface area contributed by atoms with Crippen LogP contribution in [-0.4, -0.2) is 10.2 Å². The molecule has 0 radical (unpaired) electrons. The van der Waals surface area contributed by atoms with Crippen molar-refractivity contribution in [3.05, 3.63) is 53.3 Å². The van der Waals surface area contributed by atoms with E-state index >= 15 is 0 Å². The first kappa shape index (κ1) is 14.0. The van der Waals surface area contributed by atoms with Gasteiger partial charge in [0.05, 0.1) is 17.3 Å². The third-order valence-corrected chi connectivity index (χ3v) is 2.88. The van der Waals surface area contributed by atoms with Crippen molar-refractivity contribution in [2.45, 2.75) is 13.0 Å². The van der Waals surface area contributed by atoms with Gasteiger partial charge in [-0.05, 0) is 19.1 Å². The van der Waals surface area contributed by atoms with E-state index in [4.69, 9.17) is 0 Å². The van der Waals surface area contributed by atoms with Crippen molar-refractivity contribution in [1.29, 1.82) is 0 Å². The zero-order chi connectivity index (χ0) is 14.9. The van der Waals surface area contributed by atoms with Crippen molar-refractivity contribution in [2.24, 2.45) is 0 Å². The summed E-state index contributed by atoms with van der Waals surface area (Å²) in [6, 6.07) is 4.55. The van der Waals surface area contributed by atoms with Crippen LogP contribution >= 0.6 is 0 Å². The summed E-state index contributed by atoms with van der Waals surface area (Å²) in [5.74, 6) is -3.82. The Hall–Kier alpha value is -2.37. The number of aromatic hydroxyl groups is 2. The minimum Gasteiger partial charge on any atom is -0.507 e. The summed E-state index contributed by atoms with van der Waals surface area (Å²) in [6.07, 6.45) is 0. The summed E-state index contributed by atoms with van der Waals surface area (Å²) in [4.78, 5) is 0. The molecule has 6 heteroatoms. The van der Waals surface area contributed by atoms with Crippen LogP contribution in [0.4, 0.5) is 18.9 Å². The highest BCUT2D eigenvalue weighted by atomic mass is 19.2. The van der Waals surface area contributed by atoms with Gasteiger partial charge < -0.3 is 15.5 Å². The summed E-state index contributed by atoms with van der Waals surface area (Å²) in [5.41, 5.74) is -0.129. The van der Waals surface area contributed by atoms with Gasteiger partial charge in [0.1, 0.15) is 17.3 Å². The van der Waals surface area contributed by atoms with Crippen molar-refractivity contribution in [3.8, 4) is 11.5 Å². The van der Waals surface area contributed by atoms with Crippen LogP contribution in [-0.2, 0) is 0 Å². The summed E-state index contributed by atoms with van der Waals surface area (Å²) in [5, 5.41) is 21.9. The molecule has 0 aliphatic carbocycles. The maximum absolute atomic E-state index is 13.5. The van der Waals surface area contributed by atoms with Crippen LogP contribution in [0, 0.1) is 17.5 Å². The number of hydrogen-bond acceptors (Lipinski definition) is 3. The van der Waals surface area contributed by atoms with Crippen molar-refractivity contribution in [2.75, 3.05) is 5.32 Å². The normalized spacial score (nSPS) is 12.2. The van der Waals surface area contributed by atoms with Gasteiger partial charge in [0.25, 0.3) is 0 Å². The molecule has 106 valence electrons. The van der Waals surface area contributed by atoms with Gasteiger partial charge in [0, 0.05) is 12.1 Å². The van der Waals surface area contributed by atoms with E-state index in [9.17, 15) is 23.4 Å². The van der Waals surface area contributed by atoms with E-state index in [0.29, 0.717) is 12.1 Å². The first-order valence-corrected chi connectivity index (χ1v) is 5.82. The second kappa shape index (κ2) is 5.32. The van der Waals surface area contributed by atoms with E-state index in [0.717, 1.165) is 0 Å². The highest BCUT2D eigenvalue weighted by Crippen LogP contribution is 2.34. The molecule has 3 nitrogen and oxygen atoms in total. The lowest BCUT2D eigenvalue weighted by Crippen LogP contribution is -2.09. The highest BCUT2D eigenvalue weighted by molar-refractivity contribution is 5.52. The third kappa shape index (κ3) is 2.64. The average molecular weight is 283 g/mol. The predicted molar refractivity (Wildman–Crippen MR) is 68.1 cm³/mol. The number of anilines is 1. The van der Waals surface area contributed by atoms with Crippen molar-refractivity contribution in [1.82, 2.24) is 0 Å². The van der Waals surface area contributed by atoms with E-state index in [1.807, 2.05) is 0 Å². The average Bonchev–Trinajstić information content (AvgIpc) is 2.35. The highest BCUT2D eigenvalue weighted by Gasteiger charge is 2.17. The van der Waals surface area contributed by atoms with Crippen LogP contribution in [0.2, 0.25) is 0 Å². The molecule has 1 unspecified atom stereocenters. The molecule has 0 aromatic heterocycles. The summed E-state index contributed by atoms with van der Waals surface area (Å²) in [7, 11) is 0. The molecule has 0 saturated heterocycles. The Balaban J connectivity index is 2.33. The SMILES string of the molecule is CC(Nc1cc(F)c(F)cc1F)c1c(O)cccc1O. The van der Waals surface area contributed by atoms with E-state index in [2.05, 4.69) is 5.32 Å². The number of rotatable bonds is 3. The maximum Gasteiger partial charge on any atom is 0.161 e. The number of phenolic OH excluding ortho intramolecular Hbond substituents is 2. The van der Waals surface area contributed by atoms with Gasteiger partial charge in [0.2, 0.25) is 0 Å². The van der Waals surface area contributed by atoms with Crippen molar-refractivity contribution < 1.29 is 23.4 Å². The first-order valence-electron chi connectivity index (χ1n) is 5.82. The number of phenols is 2. The van der Waals surface area contributed by atoms with E-state index in [1.54, 1.807) is 0 Å². The molecule has 1 atom stereocenters. The molecule has 0 spiro atoms. The lowest BCUT2D eigenvalue weighted by molar-refractivity contribution is 0.434. The number of hydrogen-bond donors (Lipinski definition) is 3. The lowest BCUT2D eigenvalue weighted by Gasteiger charge is -2.18. The van der Waals surface area contributed by atoms with Gasteiger partial charge in [-0.25, -0.2) is 13.2 Å². The molecule has 0 bridgehead atoms. The second-order valence-corrected chi connectivity index (χ2v) is 4.32. The van der Waals surface area contributed by atoms with Crippen LogP contribution in [0.3, 0.4) is 0 Å². The molecule has 0 aliphatic rings. The monoisotopic (exact) mass is 283 g/mol. The van der Waals surface area contributed by atoms with Crippen molar-refractivity contribution >= 4 is 5.69 Å². The minimum absolute atomic E-state index is 0.136. The fraction of sp³-hybridized carbons (Fsp3) is 0.143. The molecule has 3 N–H and O–H groups in total. The van der Waals surface area contributed by atoms with Gasteiger partial charge in [-0.3, -0.25) is 0 Å². The zero-order valence-corrected chi connectivity index (χ0v) is 10.5. The molecule has 0 amide bonds. The smallest absolute Gasteiger partial charge is 0.161 e. The van der Waals surface area contributed by atoms with Gasteiger partial charge in [0.15, 0.2) is 11.6 Å². The topological polar surface area (TPSA) is 52.5 Å². The van der Waals surface area contributed by atoms with Gasteiger partial charge in [-0.1, -0.05) is 6.07 Å². The molecular formula is C14H12F3NO2. The number of halogens is 3. The van der Waals surface area contributed by atoms with Crippen LogP contribution in [0.25, 0.3) is 0 Å². The maximum atomic E-state index is 13.5. The largest absolute Gasteiger partial charge is 0.507 e. The van der Waals surface area contributed by atoms with E-state index in [1.165, 1.54) is 25.1 Å². The molecular weight excluding hydrogens is 271 g/mol. The Morgan fingerprint density at radius 1 is 0.950 bits per heavy atom. The quantitative estimate of drug-likeness (QED) is 0.753. The Bertz CT molecular complexity index is 626. The van der Waals surface area contributed by atoms with Gasteiger partial charge >= 0.3 is 0 Å². The Kier molecular flexibility index (Phi) is 3.74. The molecule has 20 heavy (non-hydrogen) atoms. The Morgan fingerprint density at radius 2 is 1.50 bits per heavy atom. The Labute approximate surface area is 113 Å². The molecule has 2 rings (SSSR count). The number of benzene rings is 2. The van der Waals surface area contributed by atoms with E-state index < -0.39 is 23.5 Å². The molecule has 0 saturated carbocycles. The van der Waals surface area contributed by atoms with Gasteiger partial charge in [-0.2, -0.15) is 0 Å². The fourth-order valence-corrected chi connectivity index (χ4v) is 1.92. The molecule has 2 aromatic rings. The first-order chi connectivity index (χ1) is 9.40. The Morgan fingerprint density at radius 3 is 2.10 bits per heavy atom. The second-order valence-electron chi connectivity index (χ2n) is 4.32. The zero-order valence-electron chi connectivity index (χ0n) is 10.5. The standard InChI is InChI=1S/C14H12F3NO2/c1-7(14-12(19)3-2-4-13(14)20)18-11-6-9(16)8(15)5-10(11)17/h2-7,18-20H,1H3. The van der Waals surface area contributed by atoms with Crippen LogP contribution in [0.1, 0.15) is 18.5 Å². The molecule has 0 heterocycles. The number of nitrogens with one attached hydrogen (secondary N) is 1. The van der Waals surface area contributed by atoms with Crippen LogP contribution in [0.5, 0.6) is 11.5 Å². The molecule has 0 fully saturated rings. The summed E-state index contributed by atoms with van der Waals surface area (Å²) in [6.45, 7) is 1.54. The van der Waals surface area contributed by atoms with Gasteiger partial charge in [-0.15, -0.1) is 0 Å². The predicted octanol–water partition coefficient (Wildman–Crippen LogP) is 3.69. The van der Waals surface area contributed by atoms with Crippen LogP contribution in [0.15, 0.2) is 30.3 Å². The fourth-order valence-electron chi connectivity index (χ4n) is 1.92. The molecule has 0 aliphatic heterocycles. The third-order valence-electron chi connectivity index (χ3n) is 2.88. The van der Waals surface area contributed by atoms with Crippen LogP contribution < -0.4 is 5.32 Å². The lowest BCUT2D eigenvalue weighted by atomic mass is 10.1. The van der Waals surface area contributed by atoms with Crippen molar-refractivity contribution in [3.63, 3.8) is 0 Å². The summed E-state index contributed by atoms with van der Waals surface area (Å²) >= 11 is 0.